The van der Waals surface area contributed by atoms with E-state index >= 15 is 0 Å². The van der Waals surface area contributed by atoms with Crippen molar-refractivity contribution < 1.29 is 24.3 Å². The van der Waals surface area contributed by atoms with Crippen LogP contribution in [0.1, 0.15) is 12.6 Å². The normalized spacial score (nSPS) is 23.0. The Morgan fingerprint density at radius 3 is 2.85 bits per heavy atom. The molecule has 14 nitrogen and oxygen atoms in total. The highest BCUT2D eigenvalue weighted by Gasteiger charge is 2.54. The lowest BCUT2D eigenvalue weighted by atomic mass is 10.0. The third-order valence-corrected chi connectivity index (χ3v) is 8.84. The molecule has 1 aromatic heterocycles. The number of carboxylic acids is 1. The molecule has 0 spiro atoms. The minimum atomic E-state index is -1.24. The number of thiazole rings is 1. The number of nitrogens with two attached hydrogens (primary N) is 3. The topological polar surface area (TPSA) is 215 Å². The quantitative estimate of drug-likeness (QED) is 0.0789. The molecule has 17 heteroatoms. The molecule has 1 saturated heterocycles. The Bertz CT molecular complexity index is 1310. The smallest absolute Gasteiger partial charge is 0.352 e. The van der Waals surface area contributed by atoms with Gasteiger partial charge >= 0.3 is 5.97 Å². The van der Waals surface area contributed by atoms with E-state index in [1.807, 2.05) is 11.8 Å². The average molecular weight is 594 g/mol. The Balaban J connectivity index is 1.49. The van der Waals surface area contributed by atoms with Gasteiger partial charge in [-0.3, -0.25) is 14.5 Å². The minimum absolute atomic E-state index is 0.0514. The van der Waals surface area contributed by atoms with Crippen LogP contribution in [-0.4, -0.2) is 90.8 Å². The monoisotopic (exact) mass is 593 g/mol. The Labute approximate surface area is 236 Å². The van der Waals surface area contributed by atoms with Gasteiger partial charge in [0.25, 0.3) is 11.8 Å². The molecule has 3 aliphatic rings. The van der Waals surface area contributed by atoms with E-state index in [2.05, 4.69) is 27.0 Å². The summed E-state index contributed by atoms with van der Waals surface area (Å²) in [6.45, 7) is 6.09. The Morgan fingerprint density at radius 2 is 2.21 bits per heavy atom. The van der Waals surface area contributed by atoms with Gasteiger partial charge in [0.2, 0.25) is 0 Å². The summed E-state index contributed by atoms with van der Waals surface area (Å²) < 4.78 is 0. The maximum Gasteiger partial charge on any atom is 0.352 e. The first kappa shape index (κ1) is 28.5. The zero-order chi connectivity index (χ0) is 28.3. The molecule has 2 unspecified atom stereocenters. The number of anilines is 1. The summed E-state index contributed by atoms with van der Waals surface area (Å²) in [5, 5.41) is 18.2. The van der Waals surface area contributed by atoms with E-state index in [4.69, 9.17) is 22.0 Å². The lowest BCUT2D eigenvalue weighted by molar-refractivity contribution is -0.150. The first-order chi connectivity index (χ1) is 18.7. The molecule has 0 aliphatic carbocycles. The lowest BCUT2D eigenvalue weighted by Crippen LogP contribution is -2.71. The van der Waals surface area contributed by atoms with Gasteiger partial charge in [-0.05, 0) is 18.6 Å². The van der Waals surface area contributed by atoms with Gasteiger partial charge in [0, 0.05) is 23.4 Å². The van der Waals surface area contributed by atoms with Crippen molar-refractivity contribution in [2.45, 2.75) is 24.5 Å². The van der Waals surface area contributed by atoms with E-state index in [9.17, 15) is 19.5 Å². The number of rotatable bonds is 10. The molecule has 1 aromatic rings. The van der Waals surface area contributed by atoms with Gasteiger partial charge in [0.15, 0.2) is 16.0 Å². The molecular weight excluding hydrogens is 567 g/mol. The Kier molecular flexibility index (Phi) is 8.83. The number of nitrogens with zero attached hydrogens (tertiary/aromatic N) is 5. The molecule has 0 aromatic carbocycles. The third kappa shape index (κ3) is 5.90. The molecule has 208 valence electrons. The second-order valence-electron chi connectivity index (χ2n) is 8.26. The summed E-state index contributed by atoms with van der Waals surface area (Å²) in [7, 11) is 0. The van der Waals surface area contributed by atoms with Crippen LogP contribution in [0.5, 0.6) is 0 Å². The number of nitrogen functional groups attached to an aromatic ring is 1. The first-order valence-electron chi connectivity index (χ1n) is 11.6. The minimum Gasteiger partial charge on any atom is -0.477 e. The van der Waals surface area contributed by atoms with Crippen molar-refractivity contribution in [3.8, 4) is 0 Å². The van der Waals surface area contributed by atoms with Crippen molar-refractivity contribution in [2.24, 2.45) is 21.6 Å². The van der Waals surface area contributed by atoms with Crippen LogP contribution in [0.15, 0.2) is 51.4 Å². The molecule has 0 saturated carbocycles. The van der Waals surface area contributed by atoms with Gasteiger partial charge in [-0.25, -0.2) is 14.8 Å². The second kappa shape index (κ2) is 12.1. The summed E-state index contributed by atoms with van der Waals surface area (Å²) in [6, 6.07) is -0.965. The van der Waals surface area contributed by atoms with Crippen LogP contribution in [0, 0.1) is 0 Å². The van der Waals surface area contributed by atoms with Gasteiger partial charge in [-0.15, -0.1) is 23.1 Å². The number of amidine groups is 1. The number of fused-ring (bicyclic) bond motifs is 1. The number of aromatic nitrogens is 1. The fourth-order valence-electron chi connectivity index (χ4n) is 3.98. The fourth-order valence-corrected chi connectivity index (χ4v) is 7.13. The van der Waals surface area contributed by atoms with Crippen molar-refractivity contribution in [1.29, 1.82) is 0 Å². The highest BCUT2D eigenvalue weighted by molar-refractivity contribution is 8.14. The number of carbonyl (C=O) groups is 3. The molecule has 3 aliphatic heterocycles. The fraction of sp³-hybridized carbons (Fsp3) is 0.364. The van der Waals surface area contributed by atoms with Crippen molar-refractivity contribution in [1.82, 2.24) is 20.1 Å². The average Bonchev–Trinajstić information content (AvgIpc) is 3.33. The van der Waals surface area contributed by atoms with Crippen LogP contribution in [0.4, 0.5) is 5.13 Å². The van der Waals surface area contributed by atoms with Gasteiger partial charge < -0.3 is 37.4 Å². The number of oxime groups is 1. The Hall–Kier alpha value is -3.54. The molecular formula is C22H27N9O5S3. The summed E-state index contributed by atoms with van der Waals surface area (Å²) in [4.78, 5) is 54.9. The van der Waals surface area contributed by atoms with E-state index in [1.54, 1.807) is 6.08 Å². The van der Waals surface area contributed by atoms with Crippen molar-refractivity contribution >= 4 is 68.7 Å². The van der Waals surface area contributed by atoms with Crippen LogP contribution in [0.2, 0.25) is 0 Å². The number of aliphatic carboxylic acids is 1. The second-order valence-corrected chi connectivity index (χ2v) is 11.2. The van der Waals surface area contributed by atoms with E-state index in [-0.39, 0.29) is 40.4 Å². The van der Waals surface area contributed by atoms with Crippen LogP contribution >= 0.6 is 34.9 Å². The lowest BCUT2D eigenvalue weighted by Gasteiger charge is -2.49. The number of nitrogens with one attached hydrogen (secondary N) is 1. The summed E-state index contributed by atoms with van der Waals surface area (Å²) >= 11 is 3.76. The summed E-state index contributed by atoms with van der Waals surface area (Å²) in [6.07, 6.45) is 2.65. The van der Waals surface area contributed by atoms with E-state index in [1.165, 1.54) is 39.9 Å². The molecule has 4 rings (SSSR count). The zero-order valence-corrected chi connectivity index (χ0v) is 23.2. The van der Waals surface area contributed by atoms with Gasteiger partial charge in [-0.2, -0.15) is 0 Å². The number of amides is 2. The third-order valence-electron chi connectivity index (χ3n) is 5.75. The van der Waals surface area contributed by atoms with Crippen molar-refractivity contribution in [3.05, 3.63) is 46.9 Å². The molecule has 8 N–H and O–H groups in total. The Morgan fingerprint density at radius 1 is 1.44 bits per heavy atom. The molecule has 0 radical (unpaired) electrons. The molecule has 1 fully saturated rings. The number of aliphatic imine (C=N–C) groups is 1. The van der Waals surface area contributed by atoms with Crippen molar-refractivity contribution in [3.63, 3.8) is 0 Å². The number of β-lactam (4-membered cyclic amide) rings is 1. The van der Waals surface area contributed by atoms with Crippen molar-refractivity contribution in [2.75, 3.05) is 30.4 Å². The van der Waals surface area contributed by atoms with Crippen LogP contribution in [0.3, 0.4) is 0 Å². The summed E-state index contributed by atoms with van der Waals surface area (Å²) in [5.74, 6) is -1.61. The van der Waals surface area contributed by atoms with Crippen LogP contribution in [-0.2, 0) is 19.2 Å². The number of hydrogen-bond donors (Lipinski definition) is 5. The molecule has 2 amide bonds. The highest BCUT2D eigenvalue weighted by Crippen LogP contribution is 2.41. The number of carbonyl (C=O) groups excluding carboxylic acids is 2. The molecule has 0 bridgehead atoms. The number of hydrogen-bond acceptors (Lipinski definition) is 14. The number of carboxylic acid groups (broad SMARTS) is 1. The highest BCUT2D eigenvalue weighted by atomic mass is 32.2. The predicted molar refractivity (Wildman–Crippen MR) is 151 cm³/mol. The maximum atomic E-state index is 13.1. The van der Waals surface area contributed by atoms with E-state index in [0.29, 0.717) is 23.0 Å². The first-order valence-corrected chi connectivity index (χ1v) is 14.5. The molecule has 4 heterocycles. The predicted octanol–water partition coefficient (Wildman–Crippen LogP) is -0.120. The standard InChI is InChI=1S/C22H27N9O5S3/c1-3-5-36-29-14(11-9-38-21(25)26-11)17(32)28-15-18(33)31-16(20(34)35)10(7-37-19(15)31)8-39-22-27-12(23)6-13(24)30(22)4-2/h3,6,9,13,15,19H,1,4-5,7-8,23-24H2,2H3,(H2,25,26)(H,28,32)(H,34,35)/b29-14-/t13?,15?,19-/m0/s1. The van der Waals surface area contributed by atoms with Gasteiger partial charge in [0.1, 0.15) is 41.4 Å². The molecule has 3 atom stereocenters. The zero-order valence-electron chi connectivity index (χ0n) is 20.8. The van der Waals surface area contributed by atoms with Gasteiger partial charge in [0.05, 0.1) is 0 Å². The maximum absolute atomic E-state index is 13.1. The number of likely N-dealkylation sites (N-methyl/N-ethyl adjacent to an activating group) is 1. The van der Waals surface area contributed by atoms with E-state index in [0.717, 1.165) is 11.3 Å². The largest absolute Gasteiger partial charge is 0.477 e. The van der Waals surface area contributed by atoms with Crippen LogP contribution in [0.25, 0.3) is 0 Å². The summed E-state index contributed by atoms with van der Waals surface area (Å²) in [5.41, 5.74) is 18.1. The molecule has 39 heavy (non-hydrogen) atoms. The number of thioether (sulfide) groups is 2. The van der Waals surface area contributed by atoms with Crippen LogP contribution < -0.4 is 22.5 Å². The SMILES string of the molecule is C=CCO/N=C(\C(=O)NC1C(=O)N2C(C(=O)O)=C(CSC3=NC(N)=CC(N)N3CC)CS[C@@H]12)c1csc(N)n1. The van der Waals surface area contributed by atoms with Gasteiger partial charge in [-0.1, -0.05) is 29.6 Å². The van der Waals surface area contributed by atoms with E-state index < -0.39 is 35.4 Å².